The standard InChI is InChI=1S/C10H8BrN3O/c11-7-2-1-3-8(4-7)14-10(15)9-5-12-6-13-9/h1-6H,(H,12,13)(H,14,15). The molecule has 1 aromatic carbocycles. The van der Waals surface area contributed by atoms with Gasteiger partial charge in [-0.05, 0) is 18.2 Å². The van der Waals surface area contributed by atoms with Gasteiger partial charge in [0.25, 0.3) is 5.91 Å². The monoisotopic (exact) mass is 265 g/mol. The molecule has 0 atom stereocenters. The first-order valence-electron chi connectivity index (χ1n) is 4.31. The van der Waals surface area contributed by atoms with Crippen LogP contribution in [0.25, 0.3) is 0 Å². The van der Waals surface area contributed by atoms with Crippen molar-refractivity contribution in [2.24, 2.45) is 0 Å². The van der Waals surface area contributed by atoms with E-state index in [-0.39, 0.29) is 5.91 Å². The van der Waals surface area contributed by atoms with E-state index in [0.29, 0.717) is 5.69 Å². The highest BCUT2D eigenvalue weighted by atomic mass is 79.9. The molecular weight excluding hydrogens is 258 g/mol. The maximum absolute atomic E-state index is 11.6. The first-order valence-corrected chi connectivity index (χ1v) is 5.10. The molecule has 76 valence electrons. The van der Waals surface area contributed by atoms with Crippen LogP contribution in [-0.4, -0.2) is 15.9 Å². The van der Waals surface area contributed by atoms with Gasteiger partial charge in [-0.1, -0.05) is 22.0 Å². The van der Waals surface area contributed by atoms with Gasteiger partial charge in [0.1, 0.15) is 5.69 Å². The molecule has 0 unspecified atom stereocenters. The van der Waals surface area contributed by atoms with Gasteiger partial charge in [0.05, 0.1) is 12.5 Å². The van der Waals surface area contributed by atoms with Gasteiger partial charge in [0, 0.05) is 10.2 Å². The zero-order valence-corrected chi connectivity index (χ0v) is 9.28. The van der Waals surface area contributed by atoms with Crippen molar-refractivity contribution < 1.29 is 4.79 Å². The van der Waals surface area contributed by atoms with Crippen molar-refractivity contribution in [3.63, 3.8) is 0 Å². The second kappa shape index (κ2) is 4.27. The van der Waals surface area contributed by atoms with Crippen molar-refractivity contribution in [2.45, 2.75) is 0 Å². The van der Waals surface area contributed by atoms with Gasteiger partial charge in [0.2, 0.25) is 0 Å². The fourth-order valence-corrected chi connectivity index (χ4v) is 1.54. The zero-order valence-electron chi connectivity index (χ0n) is 7.70. The van der Waals surface area contributed by atoms with Gasteiger partial charge < -0.3 is 10.3 Å². The summed E-state index contributed by atoms with van der Waals surface area (Å²) >= 11 is 3.33. The highest BCUT2D eigenvalue weighted by Gasteiger charge is 2.06. The summed E-state index contributed by atoms with van der Waals surface area (Å²) in [5, 5.41) is 2.74. The Morgan fingerprint density at radius 1 is 1.47 bits per heavy atom. The van der Waals surface area contributed by atoms with Crippen LogP contribution in [0.3, 0.4) is 0 Å². The number of benzene rings is 1. The Morgan fingerprint density at radius 2 is 2.33 bits per heavy atom. The number of aromatic amines is 1. The molecule has 2 N–H and O–H groups in total. The van der Waals surface area contributed by atoms with Gasteiger partial charge in [-0.15, -0.1) is 0 Å². The number of anilines is 1. The number of imidazole rings is 1. The molecule has 1 amide bonds. The fraction of sp³-hybridized carbons (Fsp3) is 0. The minimum Gasteiger partial charge on any atom is -0.341 e. The molecule has 0 fully saturated rings. The molecule has 0 bridgehead atoms. The van der Waals surface area contributed by atoms with E-state index in [1.807, 2.05) is 24.3 Å². The Kier molecular flexibility index (Phi) is 2.82. The molecule has 2 rings (SSSR count). The number of amides is 1. The lowest BCUT2D eigenvalue weighted by Gasteiger charge is -2.03. The van der Waals surface area contributed by atoms with Crippen LogP contribution in [-0.2, 0) is 0 Å². The lowest BCUT2D eigenvalue weighted by atomic mass is 10.3. The summed E-state index contributed by atoms with van der Waals surface area (Å²) in [4.78, 5) is 18.1. The highest BCUT2D eigenvalue weighted by molar-refractivity contribution is 9.10. The highest BCUT2D eigenvalue weighted by Crippen LogP contribution is 2.15. The summed E-state index contributed by atoms with van der Waals surface area (Å²) < 4.78 is 0.921. The molecule has 0 saturated heterocycles. The Balaban J connectivity index is 2.13. The van der Waals surface area contributed by atoms with Crippen LogP contribution in [0.15, 0.2) is 41.3 Å². The lowest BCUT2D eigenvalue weighted by molar-refractivity contribution is 0.102. The summed E-state index contributed by atoms with van der Waals surface area (Å²) in [5.74, 6) is -0.203. The Morgan fingerprint density at radius 3 is 3.00 bits per heavy atom. The fourth-order valence-electron chi connectivity index (χ4n) is 1.14. The molecule has 0 saturated carbocycles. The van der Waals surface area contributed by atoms with Gasteiger partial charge in [-0.3, -0.25) is 4.79 Å². The van der Waals surface area contributed by atoms with E-state index in [1.54, 1.807) is 0 Å². The normalized spacial score (nSPS) is 9.93. The van der Waals surface area contributed by atoms with Crippen LogP contribution in [0.1, 0.15) is 10.5 Å². The van der Waals surface area contributed by atoms with Gasteiger partial charge in [-0.2, -0.15) is 0 Å². The molecule has 2 aromatic rings. The lowest BCUT2D eigenvalue weighted by Crippen LogP contribution is -2.11. The van der Waals surface area contributed by atoms with E-state index < -0.39 is 0 Å². The first kappa shape index (κ1) is 9.92. The van der Waals surface area contributed by atoms with Crippen LogP contribution >= 0.6 is 15.9 Å². The molecule has 15 heavy (non-hydrogen) atoms. The average molecular weight is 266 g/mol. The number of carbonyl (C=O) groups is 1. The van der Waals surface area contributed by atoms with E-state index >= 15 is 0 Å². The topological polar surface area (TPSA) is 57.8 Å². The Labute approximate surface area is 94.9 Å². The van der Waals surface area contributed by atoms with Crippen LogP contribution in [0, 0.1) is 0 Å². The zero-order chi connectivity index (χ0) is 10.7. The number of aromatic nitrogens is 2. The van der Waals surface area contributed by atoms with Crippen molar-refractivity contribution in [1.29, 1.82) is 0 Å². The predicted octanol–water partition coefficient (Wildman–Crippen LogP) is 2.42. The van der Waals surface area contributed by atoms with E-state index in [0.717, 1.165) is 10.2 Å². The van der Waals surface area contributed by atoms with Gasteiger partial charge >= 0.3 is 0 Å². The molecule has 1 aromatic heterocycles. The number of nitrogens with zero attached hydrogens (tertiary/aromatic N) is 1. The Bertz CT molecular complexity index is 467. The van der Waals surface area contributed by atoms with E-state index in [1.165, 1.54) is 12.5 Å². The smallest absolute Gasteiger partial charge is 0.273 e. The Hall–Kier alpha value is -1.62. The predicted molar refractivity (Wildman–Crippen MR) is 60.7 cm³/mol. The SMILES string of the molecule is O=C(Nc1cccc(Br)c1)c1cnc[nH]1. The van der Waals surface area contributed by atoms with Crippen LogP contribution in [0.5, 0.6) is 0 Å². The molecule has 4 nitrogen and oxygen atoms in total. The molecular formula is C10H8BrN3O. The first-order chi connectivity index (χ1) is 7.25. The van der Waals surface area contributed by atoms with E-state index in [2.05, 4.69) is 31.2 Å². The summed E-state index contributed by atoms with van der Waals surface area (Å²) in [6, 6.07) is 7.39. The molecule has 0 radical (unpaired) electrons. The third-order valence-electron chi connectivity index (χ3n) is 1.83. The van der Waals surface area contributed by atoms with Crippen molar-refractivity contribution in [2.75, 3.05) is 5.32 Å². The number of hydrogen-bond donors (Lipinski definition) is 2. The number of halogens is 1. The third kappa shape index (κ3) is 2.44. The van der Waals surface area contributed by atoms with Crippen LogP contribution in [0.4, 0.5) is 5.69 Å². The summed E-state index contributed by atoms with van der Waals surface area (Å²) in [5.41, 5.74) is 1.18. The maximum atomic E-state index is 11.6. The summed E-state index contributed by atoms with van der Waals surface area (Å²) in [6.45, 7) is 0. The van der Waals surface area contributed by atoms with Crippen LogP contribution in [0.2, 0.25) is 0 Å². The summed E-state index contributed by atoms with van der Waals surface area (Å²) in [6.07, 6.45) is 2.95. The van der Waals surface area contributed by atoms with Crippen molar-refractivity contribution in [3.8, 4) is 0 Å². The van der Waals surface area contributed by atoms with Crippen LogP contribution < -0.4 is 5.32 Å². The number of hydrogen-bond acceptors (Lipinski definition) is 2. The van der Waals surface area contributed by atoms with E-state index in [4.69, 9.17) is 0 Å². The molecule has 1 heterocycles. The molecule has 0 aliphatic rings. The number of rotatable bonds is 2. The second-order valence-electron chi connectivity index (χ2n) is 2.93. The van der Waals surface area contributed by atoms with Gasteiger partial charge in [-0.25, -0.2) is 4.98 Å². The largest absolute Gasteiger partial charge is 0.341 e. The summed E-state index contributed by atoms with van der Waals surface area (Å²) in [7, 11) is 0. The molecule has 0 aliphatic heterocycles. The minimum atomic E-state index is -0.203. The van der Waals surface area contributed by atoms with Crippen molar-refractivity contribution >= 4 is 27.5 Å². The number of nitrogens with one attached hydrogen (secondary N) is 2. The number of carbonyl (C=O) groups excluding carboxylic acids is 1. The molecule has 0 spiro atoms. The van der Waals surface area contributed by atoms with Crippen molar-refractivity contribution in [3.05, 3.63) is 47.0 Å². The van der Waals surface area contributed by atoms with Gasteiger partial charge in [0.15, 0.2) is 0 Å². The molecule has 5 heteroatoms. The maximum Gasteiger partial charge on any atom is 0.273 e. The molecule has 0 aliphatic carbocycles. The van der Waals surface area contributed by atoms with Crippen molar-refractivity contribution in [1.82, 2.24) is 9.97 Å². The number of H-pyrrole nitrogens is 1. The minimum absolute atomic E-state index is 0.203. The average Bonchev–Trinajstić information content (AvgIpc) is 2.70. The van der Waals surface area contributed by atoms with E-state index in [9.17, 15) is 4.79 Å². The third-order valence-corrected chi connectivity index (χ3v) is 2.32. The second-order valence-corrected chi connectivity index (χ2v) is 3.85. The quantitative estimate of drug-likeness (QED) is 0.877.